The summed E-state index contributed by atoms with van der Waals surface area (Å²) >= 11 is 0. The molecule has 0 bridgehead atoms. The third-order valence-electron chi connectivity index (χ3n) is 3.81. The molecule has 2 aromatic heterocycles. The van der Waals surface area contributed by atoms with Gasteiger partial charge in [0.25, 0.3) is 0 Å². The largest absolute Gasteiger partial charge is 0.459 e. The summed E-state index contributed by atoms with van der Waals surface area (Å²) in [6.07, 6.45) is -0.260. The Morgan fingerprint density at radius 1 is 1.40 bits per heavy atom. The summed E-state index contributed by atoms with van der Waals surface area (Å²) in [7, 11) is 3.22. The van der Waals surface area contributed by atoms with Gasteiger partial charge in [-0.3, -0.25) is 0 Å². The number of rotatable bonds is 6. The minimum absolute atomic E-state index is 0.204. The molecule has 3 aromatic rings. The molecule has 132 valence electrons. The van der Waals surface area contributed by atoms with E-state index in [1.807, 2.05) is 37.3 Å². The normalized spacial score (nSPS) is 12.3. The summed E-state index contributed by atoms with van der Waals surface area (Å²) in [5.74, 6) is 1.49. The van der Waals surface area contributed by atoms with Crippen LogP contribution < -0.4 is 5.32 Å². The van der Waals surface area contributed by atoms with Gasteiger partial charge in [0.1, 0.15) is 24.0 Å². The van der Waals surface area contributed by atoms with Crippen LogP contribution in [0.5, 0.6) is 0 Å². The molecule has 0 radical (unpaired) electrons. The number of carbonyl (C=O) groups is 1. The van der Waals surface area contributed by atoms with E-state index in [0.717, 1.165) is 11.0 Å². The second-order valence-corrected chi connectivity index (χ2v) is 5.69. The van der Waals surface area contributed by atoms with Gasteiger partial charge in [-0.15, -0.1) is 0 Å². The van der Waals surface area contributed by atoms with Crippen molar-refractivity contribution in [2.45, 2.75) is 26.1 Å². The third-order valence-corrected chi connectivity index (χ3v) is 3.81. The van der Waals surface area contributed by atoms with Gasteiger partial charge >= 0.3 is 6.03 Å². The Kier molecular flexibility index (Phi) is 4.99. The predicted molar refractivity (Wildman–Crippen MR) is 89.6 cm³/mol. The maximum atomic E-state index is 12.2. The number of hydrogen-bond donors (Lipinski definition) is 1. The van der Waals surface area contributed by atoms with Gasteiger partial charge in [0.2, 0.25) is 5.89 Å². The topological polar surface area (TPSA) is 93.6 Å². The fraction of sp³-hybridized carbons (Fsp3) is 0.353. The van der Waals surface area contributed by atoms with E-state index in [1.54, 1.807) is 14.2 Å². The summed E-state index contributed by atoms with van der Waals surface area (Å²) in [5.41, 5.74) is 0.797. The van der Waals surface area contributed by atoms with Gasteiger partial charge in [-0.25, -0.2) is 4.79 Å². The van der Waals surface area contributed by atoms with Crippen LogP contribution in [0.2, 0.25) is 0 Å². The number of furan rings is 1. The van der Waals surface area contributed by atoms with Crippen molar-refractivity contribution in [3.63, 3.8) is 0 Å². The molecule has 1 N–H and O–H groups in total. The highest BCUT2D eigenvalue weighted by atomic mass is 16.5. The molecule has 25 heavy (non-hydrogen) atoms. The van der Waals surface area contributed by atoms with Crippen molar-refractivity contribution < 1.29 is 18.5 Å². The van der Waals surface area contributed by atoms with Gasteiger partial charge < -0.3 is 23.9 Å². The molecule has 8 heteroatoms. The van der Waals surface area contributed by atoms with Crippen molar-refractivity contribution in [3.8, 4) is 0 Å². The number of hydrogen-bond acceptors (Lipinski definition) is 6. The molecule has 0 saturated heterocycles. The number of aromatic nitrogens is 2. The lowest BCUT2D eigenvalue weighted by Gasteiger charge is -2.15. The van der Waals surface area contributed by atoms with Gasteiger partial charge in [-0.1, -0.05) is 23.4 Å². The van der Waals surface area contributed by atoms with Gasteiger partial charge in [-0.05, 0) is 19.1 Å². The molecule has 8 nitrogen and oxygen atoms in total. The molecule has 0 saturated carbocycles. The summed E-state index contributed by atoms with van der Waals surface area (Å²) in [6.45, 7) is 2.32. The molecule has 0 spiro atoms. The van der Waals surface area contributed by atoms with Crippen LogP contribution in [0.3, 0.4) is 0 Å². The highest BCUT2D eigenvalue weighted by molar-refractivity contribution is 5.78. The van der Waals surface area contributed by atoms with Crippen LogP contribution in [-0.4, -0.2) is 35.2 Å². The zero-order valence-electron chi connectivity index (χ0n) is 14.4. The Balaban J connectivity index is 1.54. The number of carbonyl (C=O) groups excluding carboxylic acids is 1. The second-order valence-electron chi connectivity index (χ2n) is 5.69. The molecule has 2 heterocycles. The van der Waals surface area contributed by atoms with Crippen LogP contribution in [0.15, 0.2) is 39.3 Å². The first-order valence-electron chi connectivity index (χ1n) is 7.88. The Hall–Kier alpha value is -2.87. The average Bonchev–Trinajstić information content (AvgIpc) is 3.25. The van der Waals surface area contributed by atoms with Crippen LogP contribution >= 0.6 is 0 Å². The molecule has 3 rings (SSSR count). The zero-order chi connectivity index (χ0) is 17.8. The monoisotopic (exact) mass is 344 g/mol. The fourth-order valence-corrected chi connectivity index (χ4v) is 2.30. The number of ether oxygens (including phenoxy) is 1. The Labute approximate surface area is 144 Å². The minimum atomic E-state index is -0.264. The summed E-state index contributed by atoms with van der Waals surface area (Å²) in [5, 5.41) is 7.64. The number of para-hydroxylation sites is 1. The van der Waals surface area contributed by atoms with Crippen LogP contribution in [-0.2, 0) is 17.8 Å². The fourth-order valence-electron chi connectivity index (χ4n) is 2.30. The maximum Gasteiger partial charge on any atom is 0.317 e. The van der Waals surface area contributed by atoms with E-state index in [1.165, 1.54) is 4.90 Å². The first kappa shape index (κ1) is 17.0. The maximum absolute atomic E-state index is 12.2. The minimum Gasteiger partial charge on any atom is -0.459 e. The number of benzene rings is 1. The number of fused-ring (bicyclic) bond motifs is 1. The first-order chi connectivity index (χ1) is 12.1. The average molecular weight is 344 g/mol. The number of amides is 2. The van der Waals surface area contributed by atoms with Crippen LogP contribution in [0, 0.1) is 0 Å². The van der Waals surface area contributed by atoms with Gasteiger partial charge in [0.05, 0.1) is 6.54 Å². The van der Waals surface area contributed by atoms with E-state index in [4.69, 9.17) is 13.7 Å². The summed E-state index contributed by atoms with van der Waals surface area (Å²) in [6, 6.07) is 9.35. The quantitative estimate of drug-likeness (QED) is 0.739. The zero-order valence-corrected chi connectivity index (χ0v) is 14.4. The van der Waals surface area contributed by atoms with Crippen LogP contribution in [0.1, 0.15) is 30.5 Å². The van der Waals surface area contributed by atoms with Crippen LogP contribution in [0.4, 0.5) is 4.79 Å². The van der Waals surface area contributed by atoms with Crippen molar-refractivity contribution in [2.24, 2.45) is 0 Å². The van der Waals surface area contributed by atoms with E-state index < -0.39 is 0 Å². The van der Waals surface area contributed by atoms with E-state index in [2.05, 4.69) is 15.5 Å². The molecule has 2 amide bonds. The number of nitrogens with zero attached hydrogens (tertiary/aromatic N) is 3. The molecule has 1 aromatic carbocycles. The molecular weight excluding hydrogens is 324 g/mol. The Morgan fingerprint density at radius 3 is 2.96 bits per heavy atom. The highest BCUT2D eigenvalue weighted by Crippen LogP contribution is 2.18. The highest BCUT2D eigenvalue weighted by Gasteiger charge is 2.17. The first-order valence-corrected chi connectivity index (χ1v) is 7.88. The molecular formula is C17H20N4O4. The van der Waals surface area contributed by atoms with E-state index in [9.17, 15) is 4.79 Å². The molecule has 0 fully saturated rings. The van der Waals surface area contributed by atoms with E-state index in [0.29, 0.717) is 24.0 Å². The lowest BCUT2D eigenvalue weighted by atomic mass is 10.2. The van der Waals surface area contributed by atoms with Crippen molar-refractivity contribution in [1.29, 1.82) is 0 Å². The summed E-state index contributed by atoms with van der Waals surface area (Å²) in [4.78, 5) is 17.9. The molecule has 0 aliphatic carbocycles. The lowest BCUT2D eigenvalue weighted by molar-refractivity contribution is 0.109. The Bertz CT molecular complexity index is 824. The molecule has 0 aliphatic rings. The molecule has 1 atom stereocenters. The second kappa shape index (κ2) is 7.35. The number of methoxy groups -OCH3 is 1. The van der Waals surface area contributed by atoms with E-state index in [-0.39, 0.29) is 18.7 Å². The van der Waals surface area contributed by atoms with Crippen molar-refractivity contribution >= 4 is 17.0 Å². The number of nitrogens with one attached hydrogen (secondary N) is 1. The third kappa shape index (κ3) is 3.97. The molecule has 0 aliphatic heterocycles. The lowest BCUT2D eigenvalue weighted by Crippen LogP contribution is -2.36. The Morgan fingerprint density at radius 2 is 2.20 bits per heavy atom. The van der Waals surface area contributed by atoms with Crippen molar-refractivity contribution in [1.82, 2.24) is 20.4 Å². The van der Waals surface area contributed by atoms with Crippen LogP contribution in [0.25, 0.3) is 11.0 Å². The van der Waals surface area contributed by atoms with Gasteiger partial charge in [0, 0.05) is 19.5 Å². The van der Waals surface area contributed by atoms with Gasteiger partial charge in [-0.2, -0.15) is 4.98 Å². The van der Waals surface area contributed by atoms with E-state index >= 15 is 0 Å². The smallest absolute Gasteiger partial charge is 0.317 e. The number of urea groups is 1. The SMILES string of the molecule is CO[C@@H](C)c1noc(CN(C)C(=O)NCc2cc3ccccc3o2)n1. The summed E-state index contributed by atoms with van der Waals surface area (Å²) < 4.78 is 15.9. The van der Waals surface area contributed by atoms with Crippen molar-refractivity contribution in [3.05, 3.63) is 47.8 Å². The predicted octanol–water partition coefficient (Wildman–Crippen LogP) is 2.86. The van der Waals surface area contributed by atoms with Gasteiger partial charge in [0.15, 0.2) is 5.82 Å². The standard InChI is InChI=1S/C17H20N4O4/c1-11(23-3)16-19-15(25-20-16)10-21(2)17(22)18-9-13-8-12-6-4-5-7-14(12)24-13/h4-8,11H,9-10H2,1-3H3,(H,18,22)/t11-/m0/s1. The van der Waals surface area contributed by atoms with Crippen molar-refractivity contribution in [2.75, 3.05) is 14.2 Å². The molecule has 0 unspecified atom stereocenters.